The maximum absolute atomic E-state index is 12.3. The van der Waals surface area contributed by atoms with E-state index < -0.39 is 6.10 Å². The van der Waals surface area contributed by atoms with Crippen molar-refractivity contribution in [2.24, 2.45) is 0 Å². The van der Waals surface area contributed by atoms with Gasteiger partial charge in [-0.25, -0.2) is 0 Å². The van der Waals surface area contributed by atoms with Gasteiger partial charge >= 0.3 is 11.9 Å². The zero-order valence-corrected chi connectivity index (χ0v) is 41.9. The Morgan fingerprint density at radius 2 is 0.606 bits per heavy atom. The SMILES string of the molecule is CC/C=C\C/C=C\C/C=C\C/C=C\C/C=C\C/C=C\C/C=C\CCCCCCCCCC(=O)OC(CO)COC(=O)CCCCCC/C=C\C/C=C\C/C=C\C/C=C\C/C=C\C/C=C\CC. The standard InChI is InChI=1S/C61H94O5/c1-3-5-7-9-11-13-15-17-19-21-23-25-27-28-29-30-31-32-34-36-38-40-42-44-46-48-50-52-54-56-61(64)66-59(57-62)58-65-60(63)55-53-51-49-47-45-43-41-39-37-35-33-26-24-22-20-18-16-14-12-10-8-6-4-2/h5-8,11-14,17-20,23-26,28-29,31-32,35-38,41,43,59,62H,3-4,9-10,15-16,21-22,27,30,33-34,39-40,42,44-58H2,1-2H3/b7-5-,8-6-,13-11-,14-12-,19-17-,20-18-,25-23-,26-24-,29-28-,32-31-,37-35-,38-36-,43-41-. The number of carbonyl (C=O) groups excluding carboxylic acids is 2. The molecule has 368 valence electrons. The van der Waals surface area contributed by atoms with Crippen LogP contribution in [0.5, 0.6) is 0 Å². The van der Waals surface area contributed by atoms with Gasteiger partial charge in [0.25, 0.3) is 0 Å². The van der Waals surface area contributed by atoms with Gasteiger partial charge in [-0.15, -0.1) is 0 Å². The molecule has 0 saturated carbocycles. The van der Waals surface area contributed by atoms with Crippen molar-refractivity contribution in [1.82, 2.24) is 0 Å². The Labute approximate surface area is 405 Å². The van der Waals surface area contributed by atoms with Gasteiger partial charge in [-0.05, 0) is 122 Å². The smallest absolute Gasteiger partial charge is 0.306 e. The lowest BCUT2D eigenvalue weighted by molar-refractivity contribution is -0.161. The zero-order chi connectivity index (χ0) is 47.7. The van der Waals surface area contributed by atoms with Crippen LogP contribution in [-0.2, 0) is 19.1 Å². The molecule has 0 amide bonds. The van der Waals surface area contributed by atoms with Crippen molar-refractivity contribution in [1.29, 1.82) is 0 Å². The van der Waals surface area contributed by atoms with Gasteiger partial charge in [-0.1, -0.05) is 217 Å². The van der Waals surface area contributed by atoms with Gasteiger partial charge in [-0.2, -0.15) is 0 Å². The van der Waals surface area contributed by atoms with Crippen molar-refractivity contribution in [3.8, 4) is 0 Å². The van der Waals surface area contributed by atoms with Crippen LogP contribution in [-0.4, -0.2) is 36.4 Å². The highest BCUT2D eigenvalue weighted by Crippen LogP contribution is 2.12. The van der Waals surface area contributed by atoms with Crippen molar-refractivity contribution in [3.05, 3.63) is 158 Å². The molecule has 66 heavy (non-hydrogen) atoms. The quantitative estimate of drug-likeness (QED) is 0.0374. The number of allylic oxidation sites excluding steroid dienone is 26. The van der Waals surface area contributed by atoms with Crippen LogP contribution in [0.2, 0.25) is 0 Å². The molecule has 1 atom stereocenters. The molecule has 0 aliphatic heterocycles. The molecule has 0 heterocycles. The van der Waals surface area contributed by atoms with Gasteiger partial charge in [0.05, 0.1) is 6.61 Å². The van der Waals surface area contributed by atoms with E-state index >= 15 is 0 Å². The van der Waals surface area contributed by atoms with E-state index in [4.69, 9.17) is 9.47 Å². The fourth-order valence-electron chi connectivity index (χ4n) is 6.48. The monoisotopic (exact) mass is 907 g/mol. The van der Waals surface area contributed by atoms with Crippen molar-refractivity contribution in [3.63, 3.8) is 0 Å². The molecular weight excluding hydrogens is 813 g/mol. The van der Waals surface area contributed by atoms with Crippen LogP contribution < -0.4 is 0 Å². The fourth-order valence-corrected chi connectivity index (χ4v) is 6.48. The number of esters is 2. The van der Waals surface area contributed by atoms with Gasteiger partial charge in [0.2, 0.25) is 0 Å². The Morgan fingerprint density at radius 1 is 0.348 bits per heavy atom. The minimum atomic E-state index is -0.803. The van der Waals surface area contributed by atoms with E-state index in [0.29, 0.717) is 12.8 Å². The van der Waals surface area contributed by atoms with Crippen LogP contribution in [0.25, 0.3) is 0 Å². The number of carbonyl (C=O) groups is 2. The Balaban J connectivity index is 3.67. The molecule has 0 bridgehead atoms. The molecule has 0 fully saturated rings. The molecule has 0 spiro atoms. The lowest BCUT2D eigenvalue weighted by atomic mass is 10.1. The second-order valence-electron chi connectivity index (χ2n) is 16.5. The molecule has 5 nitrogen and oxygen atoms in total. The molecule has 0 aromatic heterocycles. The summed E-state index contributed by atoms with van der Waals surface area (Å²) < 4.78 is 10.7. The summed E-state index contributed by atoms with van der Waals surface area (Å²) in [5, 5.41) is 9.64. The molecular formula is C61H94O5. The summed E-state index contributed by atoms with van der Waals surface area (Å²) in [6.07, 6.45) is 84.7. The summed E-state index contributed by atoms with van der Waals surface area (Å²) in [5.74, 6) is -0.647. The summed E-state index contributed by atoms with van der Waals surface area (Å²) in [5.41, 5.74) is 0. The molecule has 0 saturated heterocycles. The molecule has 0 aromatic carbocycles. The lowest BCUT2D eigenvalue weighted by Crippen LogP contribution is -2.28. The number of hydrogen-bond acceptors (Lipinski definition) is 5. The van der Waals surface area contributed by atoms with Crippen molar-refractivity contribution < 1.29 is 24.2 Å². The van der Waals surface area contributed by atoms with Gasteiger partial charge in [0, 0.05) is 12.8 Å². The normalized spacial score (nSPS) is 13.6. The first-order chi connectivity index (χ1) is 32.6. The first kappa shape index (κ1) is 61.5. The van der Waals surface area contributed by atoms with Gasteiger partial charge in [-0.3, -0.25) is 9.59 Å². The first-order valence-corrected chi connectivity index (χ1v) is 26.0. The Morgan fingerprint density at radius 3 is 0.909 bits per heavy atom. The van der Waals surface area contributed by atoms with Crippen molar-refractivity contribution in [2.75, 3.05) is 13.2 Å². The third-order valence-electron chi connectivity index (χ3n) is 10.3. The molecule has 0 aliphatic rings. The predicted octanol–water partition coefficient (Wildman–Crippen LogP) is 17.6. The van der Waals surface area contributed by atoms with E-state index in [2.05, 4.69) is 172 Å². The minimum Gasteiger partial charge on any atom is -0.462 e. The minimum absolute atomic E-state index is 0.0958. The summed E-state index contributed by atoms with van der Waals surface area (Å²) >= 11 is 0. The summed E-state index contributed by atoms with van der Waals surface area (Å²) in [7, 11) is 0. The van der Waals surface area contributed by atoms with Crippen LogP contribution in [0, 0.1) is 0 Å². The topological polar surface area (TPSA) is 72.8 Å². The third-order valence-corrected chi connectivity index (χ3v) is 10.3. The Kier molecular flexibility index (Phi) is 51.1. The molecule has 0 aromatic rings. The van der Waals surface area contributed by atoms with Crippen molar-refractivity contribution in [2.45, 2.75) is 200 Å². The number of aliphatic hydroxyl groups is 1. The molecule has 0 rings (SSSR count). The van der Waals surface area contributed by atoms with Crippen LogP contribution in [0.3, 0.4) is 0 Å². The lowest BCUT2D eigenvalue weighted by Gasteiger charge is -2.15. The van der Waals surface area contributed by atoms with E-state index in [0.717, 1.165) is 141 Å². The average molecular weight is 907 g/mol. The Bertz CT molecular complexity index is 1490. The number of ether oxygens (including phenoxy) is 2. The number of hydrogen-bond donors (Lipinski definition) is 1. The van der Waals surface area contributed by atoms with Gasteiger partial charge in [0.15, 0.2) is 6.10 Å². The first-order valence-electron chi connectivity index (χ1n) is 26.0. The van der Waals surface area contributed by atoms with Crippen LogP contribution in [0.15, 0.2) is 158 Å². The highest BCUT2D eigenvalue weighted by molar-refractivity contribution is 5.70. The second kappa shape index (κ2) is 54.9. The van der Waals surface area contributed by atoms with E-state index in [1.54, 1.807) is 0 Å². The molecule has 1 N–H and O–H groups in total. The van der Waals surface area contributed by atoms with E-state index in [-0.39, 0.29) is 25.2 Å². The zero-order valence-electron chi connectivity index (χ0n) is 41.9. The largest absolute Gasteiger partial charge is 0.462 e. The maximum Gasteiger partial charge on any atom is 0.306 e. The highest BCUT2D eigenvalue weighted by Gasteiger charge is 2.16. The van der Waals surface area contributed by atoms with Crippen LogP contribution >= 0.6 is 0 Å². The van der Waals surface area contributed by atoms with E-state index in [9.17, 15) is 14.7 Å². The van der Waals surface area contributed by atoms with Crippen LogP contribution in [0.1, 0.15) is 194 Å². The predicted molar refractivity (Wildman–Crippen MR) is 287 cm³/mol. The average Bonchev–Trinajstić information content (AvgIpc) is 3.32. The second-order valence-corrected chi connectivity index (χ2v) is 16.5. The molecule has 0 radical (unpaired) electrons. The summed E-state index contributed by atoms with van der Waals surface area (Å²) in [6.45, 7) is 3.86. The Hall–Kier alpha value is -4.48. The fraction of sp³-hybridized carbons (Fsp3) is 0.541. The summed E-state index contributed by atoms with van der Waals surface area (Å²) in [4.78, 5) is 24.5. The number of aliphatic hydroxyl groups excluding tert-OH is 1. The van der Waals surface area contributed by atoms with E-state index in [1.165, 1.54) is 25.7 Å². The van der Waals surface area contributed by atoms with E-state index in [1.807, 2.05) is 0 Å². The van der Waals surface area contributed by atoms with Crippen LogP contribution in [0.4, 0.5) is 0 Å². The molecule has 5 heteroatoms. The van der Waals surface area contributed by atoms with Crippen molar-refractivity contribution >= 4 is 11.9 Å². The molecule has 0 aliphatic carbocycles. The number of rotatable bonds is 45. The maximum atomic E-state index is 12.3. The summed E-state index contributed by atoms with van der Waals surface area (Å²) in [6, 6.07) is 0. The number of unbranched alkanes of at least 4 members (excludes halogenated alkanes) is 11. The highest BCUT2D eigenvalue weighted by atomic mass is 16.6. The molecule has 1 unspecified atom stereocenters. The van der Waals surface area contributed by atoms with Gasteiger partial charge < -0.3 is 14.6 Å². The van der Waals surface area contributed by atoms with Gasteiger partial charge in [0.1, 0.15) is 6.61 Å². The third kappa shape index (κ3) is 52.1.